The van der Waals surface area contributed by atoms with E-state index in [1.165, 1.54) is 6.08 Å². The quantitative estimate of drug-likeness (QED) is 0.787. The maximum Gasteiger partial charge on any atom is 0.248 e. The summed E-state index contributed by atoms with van der Waals surface area (Å²) in [7, 11) is 3.19. The van der Waals surface area contributed by atoms with Crippen molar-refractivity contribution >= 4 is 17.7 Å². The number of rotatable bonds is 7. The van der Waals surface area contributed by atoms with E-state index >= 15 is 0 Å². The van der Waals surface area contributed by atoms with Gasteiger partial charge < -0.3 is 19.5 Å². The smallest absolute Gasteiger partial charge is 0.248 e. The van der Waals surface area contributed by atoms with Gasteiger partial charge in [-0.1, -0.05) is 6.07 Å². The number of anilines is 1. The summed E-state index contributed by atoms with van der Waals surface area (Å²) < 4.78 is 15.8. The number of benzene rings is 2. The fourth-order valence-corrected chi connectivity index (χ4v) is 2.10. The highest BCUT2D eigenvalue weighted by atomic mass is 16.5. The highest BCUT2D eigenvalue weighted by Gasteiger charge is 2.04. The highest BCUT2D eigenvalue weighted by Crippen LogP contribution is 2.28. The second-order valence-electron chi connectivity index (χ2n) is 4.89. The number of nitrogens with one attached hydrogen (secondary N) is 1. The Hall–Kier alpha value is -2.95. The number of hydrogen-bond acceptors (Lipinski definition) is 4. The molecular weight excluding hydrogens is 306 g/mol. The van der Waals surface area contributed by atoms with Gasteiger partial charge in [0.25, 0.3) is 0 Å². The largest absolute Gasteiger partial charge is 0.497 e. The predicted molar refractivity (Wildman–Crippen MR) is 94.8 cm³/mol. The first kappa shape index (κ1) is 17.4. The number of ether oxygens (including phenoxy) is 3. The van der Waals surface area contributed by atoms with Crippen LogP contribution in [0.4, 0.5) is 5.69 Å². The Morgan fingerprint density at radius 1 is 1.04 bits per heavy atom. The van der Waals surface area contributed by atoms with Gasteiger partial charge >= 0.3 is 0 Å². The van der Waals surface area contributed by atoms with Crippen molar-refractivity contribution < 1.29 is 19.0 Å². The molecule has 5 heteroatoms. The molecule has 0 bridgehead atoms. The Bertz CT molecular complexity index is 708. The molecule has 0 heterocycles. The van der Waals surface area contributed by atoms with Crippen LogP contribution in [0.1, 0.15) is 12.5 Å². The van der Waals surface area contributed by atoms with Crippen LogP contribution in [0.3, 0.4) is 0 Å². The molecule has 1 amide bonds. The van der Waals surface area contributed by atoms with E-state index in [9.17, 15) is 4.79 Å². The van der Waals surface area contributed by atoms with Crippen LogP contribution in [0.5, 0.6) is 17.2 Å². The van der Waals surface area contributed by atoms with E-state index < -0.39 is 0 Å². The molecule has 0 aromatic heterocycles. The minimum absolute atomic E-state index is 0.214. The van der Waals surface area contributed by atoms with E-state index in [0.717, 1.165) is 11.3 Å². The van der Waals surface area contributed by atoms with Crippen molar-refractivity contribution in [3.63, 3.8) is 0 Å². The third-order valence-corrected chi connectivity index (χ3v) is 3.27. The van der Waals surface area contributed by atoms with Gasteiger partial charge in [-0.25, -0.2) is 0 Å². The fourth-order valence-electron chi connectivity index (χ4n) is 2.10. The van der Waals surface area contributed by atoms with Crippen molar-refractivity contribution in [3.05, 3.63) is 54.1 Å². The molecule has 0 radical (unpaired) electrons. The van der Waals surface area contributed by atoms with E-state index in [-0.39, 0.29) is 5.91 Å². The zero-order chi connectivity index (χ0) is 17.4. The lowest BCUT2D eigenvalue weighted by Gasteiger charge is -2.09. The Balaban J connectivity index is 2.03. The topological polar surface area (TPSA) is 56.8 Å². The monoisotopic (exact) mass is 327 g/mol. The molecule has 0 aliphatic heterocycles. The molecule has 0 atom stereocenters. The summed E-state index contributed by atoms with van der Waals surface area (Å²) >= 11 is 0. The molecule has 126 valence electrons. The van der Waals surface area contributed by atoms with Crippen LogP contribution in [-0.4, -0.2) is 26.7 Å². The Morgan fingerprint density at radius 3 is 2.42 bits per heavy atom. The van der Waals surface area contributed by atoms with E-state index in [2.05, 4.69) is 5.32 Å². The minimum Gasteiger partial charge on any atom is -0.497 e. The molecule has 5 nitrogen and oxygen atoms in total. The molecule has 0 aliphatic carbocycles. The predicted octanol–water partition coefficient (Wildman–Crippen LogP) is 3.75. The number of methoxy groups -OCH3 is 2. The average molecular weight is 327 g/mol. The SMILES string of the molecule is CCOc1cc(/C=C/C(=O)Nc2ccc(OC)cc2)ccc1OC. The lowest BCUT2D eigenvalue weighted by atomic mass is 10.2. The summed E-state index contributed by atoms with van der Waals surface area (Å²) in [6.45, 7) is 2.45. The first-order valence-corrected chi connectivity index (χ1v) is 7.60. The fraction of sp³-hybridized carbons (Fsp3) is 0.211. The summed E-state index contributed by atoms with van der Waals surface area (Å²) in [5.41, 5.74) is 1.55. The second kappa shape index (κ2) is 8.62. The third-order valence-electron chi connectivity index (χ3n) is 3.27. The van der Waals surface area contributed by atoms with Gasteiger partial charge in [0.1, 0.15) is 5.75 Å². The lowest BCUT2D eigenvalue weighted by molar-refractivity contribution is -0.111. The molecule has 0 aliphatic rings. The summed E-state index contributed by atoms with van der Waals surface area (Å²) in [6, 6.07) is 12.6. The van der Waals surface area contributed by atoms with Crippen LogP contribution in [0.25, 0.3) is 6.08 Å². The first-order valence-electron chi connectivity index (χ1n) is 7.60. The Kier molecular flexibility index (Phi) is 6.25. The highest BCUT2D eigenvalue weighted by molar-refractivity contribution is 6.01. The van der Waals surface area contributed by atoms with Crippen LogP contribution < -0.4 is 19.5 Å². The van der Waals surface area contributed by atoms with Crippen molar-refractivity contribution in [1.82, 2.24) is 0 Å². The van der Waals surface area contributed by atoms with E-state index in [1.807, 2.05) is 25.1 Å². The van der Waals surface area contributed by atoms with Gasteiger partial charge in [0, 0.05) is 11.8 Å². The lowest BCUT2D eigenvalue weighted by Crippen LogP contribution is -2.07. The zero-order valence-electron chi connectivity index (χ0n) is 14.0. The van der Waals surface area contributed by atoms with Gasteiger partial charge in [0.2, 0.25) is 5.91 Å². The van der Waals surface area contributed by atoms with Crippen LogP contribution >= 0.6 is 0 Å². The molecule has 24 heavy (non-hydrogen) atoms. The van der Waals surface area contributed by atoms with Gasteiger partial charge in [0.15, 0.2) is 11.5 Å². The van der Waals surface area contributed by atoms with Crippen molar-refractivity contribution in [2.45, 2.75) is 6.92 Å². The summed E-state index contributed by atoms with van der Waals surface area (Å²) in [5.74, 6) is 1.84. The summed E-state index contributed by atoms with van der Waals surface area (Å²) in [5, 5.41) is 2.79. The molecule has 0 saturated heterocycles. The molecule has 0 saturated carbocycles. The maximum absolute atomic E-state index is 12.0. The van der Waals surface area contributed by atoms with Gasteiger partial charge in [-0.05, 0) is 55.0 Å². The van der Waals surface area contributed by atoms with Crippen molar-refractivity contribution in [2.24, 2.45) is 0 Å². The normalized spacial score (nSPS) is 10.5. The summed E-state index contributed by atoms with van der Waals surface area (Å²) in [4.78, 5) is 12.0. The number of hydrogen-bond donors (Lipinski definition) is 1. The molecule has 0 spiro atoms. The first-order chi connectivity index (χ1) is 11.7. The van der Waals surface area contributed by atoms with Crippen molar-refractivity contribution in [1.29, 1.82) is 0 Å². The van der Waals surface area contributed by atoms with Crippen molar-refractivity contribution in [2.75, 3.05) is 26.1 Å². The summed E-state index contributed by atoms with van der Waals surface area (Å²) in [6.07, 6.45) is 3.20. The van der Waals surface area contributed by atoms with Crippen LogP contribution in [-0.2, 0) is 4.79 Å². The molecule has 1 N–H and O–H groups in total. The van der Waals surface area contributed by atoms with Gasteiger partial charge in [-0.3, -0.25) is 4.79 Å². The standard InChI is InChI=1S/C19H21NO4/c1-4-24-18-13-14(5-11-17(18)23-3)6-12-19(21)20-15-7-9-16(22-2)10-8-15/h5-13H,4H2,1-3H3,(H,20,21)/b12-6+. The molecule has 0 unspecified atom stereocenters. The second-order valence-corrected chi connectivity index (χ2v) is 4.89. The molecule has 2 rings (SSSR count). The van der Waals surface area contributed by atoms with E-state index in [1.54, 1.807) is 44.6 Å². The molecule has 2 aromatic rings. The molecular formula is C19H21NO4. The maximum atomic E-state index is 12.0. The van der Waals surface area contributed by atoms with Crippen LogP contribution in [0, 0.1) is 0 Å². The number of carbonyl (C=O) groups is 1. The average Bonchev–Trinajstić information content (AvgIpc) is 2.61. The molecule has 2 aromatic carbocycles. The molecule has 0 fully saturated rings. The van der Waals surface area contributed by atoms with Crippen LogP contribution in [0.15, 0.2) is 48.5 Å². The van der Waals surface area contributed by atoms with E-state index in [0.29, 0.717) is 23.8 Å². The zero-order valence-corrected chi connectivity index (χ0v) is 14.0. The number of amides is 1. The Morgan fingerprint density at radius 2 is 1.79 bits per heavy atom. The van der Waals surface area contributed by atoms with Crippen molar-refractivity contribution in [3.8, 4) is 17.2 Å². The number of carbonyl (C=O) groups excluding carboxylic acids is 1. The van der Waals surface area contributed by atoms with E-state index in [4.69, 9.17) is 14.2 Å². The van der Waals surface area contributed by atoms with Gasteiger partial charge in [-0.2, -0.15) is 0 Å². The minimum atomic E-state index is -0.214. The van der Waals surface area contributed by atoms with Gasteiger partial charge in [-0.15, -0.1) is 0 Å². The van der Waals surface area contributed by atoms with Crippen LogP contribution in [0.2, 0.25) is 0 Å². The van der Waals surface area contributed by atoms with Gasteiger partial charge in [0.05, 0.1) is 20.8 Å². The Labute approximate surface area is 141 Å². The third kappa shape index (κ3) is 4.78.